The average molecular weight is 283 g/mol. The molecule has 0 spiro atoms. The van der Waals surface area contributed by atoms with Gasteiger partial charge in [0.05, 0.1) is 24.2 Å². The van der Waals surface area contributed by atoms with Gasteiger partial charge in [0.15, 0.2) is 0 Å². The fraction of sp³-hybridized carbons (Fsp3) is 0.417. The van der Waals surface area contributed by atoms with E-state index in [0.29, 0.717) is 6.54 Å². The van der Waals surface area contributed by atoms with Crippen LogP contribution in [0.4, 0.5) is 0 Å². The van der Waals surface area contributed by atoms with E-state index in [2.05, 4.69) is 33.8 Å². The minimum Gasteiger partial charge on any atom is -0.496 e. The van der Waals surface area contributed by atoms with Crippen LogP contribution in [-0.4, -0.2) is 25.1 Å². The Morgan fingerprint density at radius 3 is 2.75 bits per heavy atom. The smallest absolute Gasteiger partial charge is 0.133 e. The predicted octanol–water partition coefficient (Wildman–Crippen LogP) is 2.80. The standard InChI is InChI=1S/C12H15BrN2O/c1-3-15(7-6-14)9-10-4-5-12(16-2)11(13)8-10/h4-5,8H,3,7,9H2,1-2H3. The number of nitriles is 1. The molecule has 86 valence electrons. The number of hydrogen-bond acceptors (Lipinski definition) is 3. The highest BCUT2D eigenvalue weighted by Gasteiger charge is 2.05. The second-order valence-corrected chi connectivity index (χ2v) is 4.28. The molecule has 0 N–H and O–H groups in total. The first-order valence-corrected chi connectivity index (χ1v) is 5.92. The van der Waals surface area contributed by atoms with Crippen molar-refractivity contribution in [1.82, 2.24) is 4.90 Å². The summed E-state index contributed by atoms with van der Waals surface area (Å²) < 4.78 is 6.11. The van der Waals surface area contributed by atoms with Crippen LogP contribution in [0.1, 0.15) is 12.5 Å². The van der Waals surface area contributed by atoms with Gasteiger partial charge in [-0.15, -0.1) is 0 Å². The first-order valence-electron chi connectivity index (χ1n) is 5.13. The van der Waals surface area contributed by atoms with Gasteiger partial charge in [-0.3, -0.25) is 4.90 Å². The average Bonchev–Trinajstić information content (AvgIpc) is 2.28. The van der Waals surface area contributed by atoms with Crippen LogP contribution in [0.15, 0.2) is 22.7 Å². The molecule has 0 saturated carbocycles. The Morgan fingerprint density at radius 1 is 1.50 bits per heavy atom. The molecule has 1 aromatic carbocycles. The lowest BCUT2D eigenvalue weighted by Crippen LogP contribution is -2.22. The third kappa shape index (κ3) is 3.51. The molecule has 1 rings (SSSR count). The summed E-state index contributed by atoms with van der Waals surface area (Å²) in [7, 11) is 1.65. The number of halogens is 1. The maximum atomic E-state index is 8.66. The Bertz CT molecular complexity index is 387. The Balaban J connectivity index is 2.74. The summed E-state index contributed by atoms with van der Waals surface area (Å²) >= 11 is 3.45. The molecule has 0 bridgehead atoms. The molecule has 0 saturated heterocycles. The summed E-state index contributed by atoms with van der Waals surface area (Å²) in [5.74, 6) is 0.826. The van der Waals surface area contributed by atoms with Crippen molar-refractivity contribution >= 4 is 15.9 Å². The Labute approximate surface area is 105 Å². The van der Waals surface area contributed by atoms with Crippen LogP contribution < -0.4 is 4.74 Å². The van der Waals surface area contributed by atoms with Crippen LogP contribution in [0, 0.1) is 11.3 Å². The van der Waals surface area contributed by atoms with Gasteiger partial charge in [-0.2, -0.15) is 5.26 Å². The molecule has 16 heavy (non-hydrogen) atoms. The van der Waals surface area contributed by atoms with Crippen molar-refractivity contribution in [2.75, 3.05) is 20.2 Å². The van der Waals surface area contributed by atoms with Gasteiger partial charge in [0.2, 0.25) is 0 Å². The van der Waals surface area contributed by atoms with Crippen LogP contribution in [0.2, 0.25) is 0 Å². The summed E-state index contributed by atoms with van der Waals surface area (Å²) in [5.41, 5.74) is 1.17. The van der Waals surface area contributed by atoms with Crippen molar-refractivity contribution < 1.29 is 4.74 Å². The van der Waals surface area contributed by atoms with E-state index in [1.165, 1.54) is 5.56 Å². The minimum absolute atomic E-state index is 0.458. The van der Waals surface area contributed by atoms with Gasteiger partial charge >= 0.3 is 0 Å². The number of hydrogen-bond donors (Lipinski definition) is 0. The van der Waals surface area contributed by atoms with Crippen LogP contribution in [0.25, 0.3) is 0 Å². The van der Waals surface area contributed by atoms with Gasteiger partial charge < -0.3 is 4.74 Å². The number of ether oxygens (including phenoxy) is 1. The van der Waals surface area contributed by atoms with Crippen molar-refractivity contribution in [3.8, 4) is 11.8 Å². The first-order chi connectivity index (χ1) is 7.71. The van der Waals surface area contributed by atoms with Crippen LogP contribution in [0.5, 0.6) is 5.75 Å². The molecule has 0 aromatic heterocycles. The van der Waals surface area contributed by atoms with Gasteiger partial charge in [-0.1, -0.05) is 13.0 Å². The van der Waals surface area contributed by atoms with Crippen LogP contribution in [-0.2, 0) is 6.54 Å². The summed E-state index contributed by atoms with van der Waals surface area (Å²) in [4.78, 5) is 2.08. The lowest BCUT2D eigenvalue weighted by molar-refractivity contribution is 0.314. The molecule has 3 nitrogen and oxygen atoms in total. The van der Waals surface area contributed by atoms with E-state index < -0.39 is 0 Å². The van der Waals surface area contributed by atoms with E-state index in [4.69, 9.17) is 10.00 Å². The third-order valence-corrected chi connectivity index (χ3v) is 2.98. The maximum Gasteiger partial charge on any atom is 0.133 e. The van der Waals surface area contributed by atoms with E-state index in [0.717, 1.165) is 23.3 Å². The van der Waals surface area contributed by atoms with Gasteiger partial charge in [0.25, 0.3) is 0 Å². The van der Waals surface area contributed by atoms with E-state index >= 15 is 0 Å². The molecule has 1 aromatic rings. The molecule has 0 heterocycles. The molecule has 0 unspecified atom stereocenters. The number of rotatable bonds is 5. The molecule has 0 radical (unpaired) electrons. The largest absolute Gasteiger partial charge is 0.496 e. The highest BCUT2D eigenvalue weighted by molar-refractivity contribution is 9.10. The first kappa shape index (κ1) is 13.0. The lowest BCUT2D eigenvalue weighted by Gasteiger charge is -2.17. The van der Waals surface area contributed by atoms with E-state index in [9.17, 15) is 0 Å². The maximum absolute atomic E-state index is 8.66. The molecule has 0 aliphatic heterocycles. The zero-order chi connectivity index (χ0) is 12.0. The summed E-state index contributed by atoms with van der Waals surface area (Å²) in [6.07, 6.45) is 0. The fourth-order valence-corrected chi connectivity index (χ4v) is 2.03. The van der Waals surface area contributed by atoms with Gasteiger partial charge in [-0.05, 0) is 40.2 Å². The van der Waals surface area contributed by atoms with E-state index in [1.807, 2.05) is 18.2 Å². The molecule has 0 aliphatic rings. The number of methoxy groups -OCH3 is 1. The third-order valence-electron chi connectivity index (χ3n) is 2.36. The molecule has 0 atom stereocenters. The molecule has 0 fully saturated rings. The van der Waals surface area contributed by atoms with Crippen molar-refractivity contribution in [3.63, 3.8) is 0 Å². The fourth-order valence-electron chi connectivity index (χ4n) is 1.45. The van der Waals surface area contributed by atoms with E-state index in [1.54, 1.807) is 7.11 Å². The van der Waals surface area contributed by atoms with Gasteiger partial charge in [0.1, 0.15) is 5.75 Å². The Hall–Kier alpha value is -1.05. The molecular weight excluding hydrogens is 268 g/mol. The summed E-state index contributed by atoms with van der Waals surface area (Å²) in [5, 5.41) is 8.66. The monoisotopic (exact) mass is 282 g/mol. The van der Waals surface area contributed by atoms with Crippen molar-refractivity contribution in [2.24, 2.45) is 0 Å². The number of nitrogens with zero attached hydrogens (tertiary/aromatic N) is 2. The Kier molecular flexibility index (Phi) is 5.30. The number of benzene rings is 1. The zero-order valence-electron chi connectivity index (χ0n) is 9.53. The zero-order valence-corrected chi connectivity index (χ0v) is 11.1. The second-order valence-electron chi connectivity index (χ2n) is 3.43. The molecule has 0 aliphatic carbocycles. The minimum atomic E-state index is 0.458. The SMILES string of the molecule is CCN(CC#N)Cc1ccc(OC)c(Br)c1. The lowest BCUT2D eigenvalue weighted by atomic mass is 10.2. The van der Waals surface area contributed by atoms with Crippen molar-refractivity contribution in [3.05, 3.63) is 28.2 Å². The predicted molar refractivity (Wildman–Crippen MR) is 67.3 cm³/mol. The normalized spacial score (nSPS) is 10.2. The summed E-state index contributed by atoms with van der Waals surface area (Å²) in [6.45, 7) is 4.17. The van der Waals surface area contributed by atoms with E-state index in [-0.39, 0.29) is 0 Å². The highest BCUT2D eigenvalue weighted by atomic mass is 79.9. The van der Waals surface area contributed by atoms with Crippen LogP contribution >= 0.6 is 15.9 Å². The van der Waals surface area contributed by atoms with Gasteiger partial charge in [-0.25, -0.2) is 0 Å². The topological polar surface area (TPSA) is 36.3 Å². The van der Waals surface area contributed by atoms with Gasteiger partial charge in [0, 0.05) is 6.54 Å². The molecule has 4 heteroatoms. The van der Waals surface area contributed by atoms with Crippen molar-refractivity contribution in [2.45, 2.75) is 13.5 Å². The Morgan fingerprint density at radius 2 is 2.25 bits per heavy atom. The highest BCUT2D eigenvalue weighted by Crippen LogP contribution is 2.25. The summed E-state index contributed by atoms with van der Waals surface area (Å²) in [6, 6.07) is 8.14. The molecule has 0 amide bonds. The van der Waals surface area contributed by atoms with Crippen molar-refractivity contribution in [1.29, 1.82) is 5.26 Å². The quantitative estimate of drug-likeness (QED) is 0.780. The molecular formula is C12H15BrN2O. The van der Waals surface area contributed by atoms with Crippen LogP contribution in [0.3, 0.4) is 0 Å². The second kappa shape index (κ2) is 6.51.